The Morgan fingerprint density at radius 1 is 1.40 bits per heavy atom. The molecule has 0 saturated heterocycles. The Balaban J connectivity index is 2.61. The van der Waals surface area contributed by atoms with Crippen molar-refractivity contribution in [2.45, 2.75) is 19.6 Å². The Kier molecular flexibility index (Phi) is 4.82. The molecule has 15 heavy (non-hydrogen) atoms. The molecule has 0 saturated carbocycles. The molecular weight excluding hydrogens is 206 g/mol. The normalized spacial score (nSPS) is 12.8. The van der Waals surface area contributed by atoms with Gasteiger partial charge in [0.05, 0.1) is 0 Å². The van der Waals surface area contributed by atoms with E-state index in [9.17, 15) is 4.21 Å². The first kappa shape index (κ1) is 12.2. The van der Waals surface area contributed by atoms with Crippen molar-refractivity contribution in [1.29, 1.82) is 0 Å². The highest BCUT2D eigenvalue weighted by Crippen LogP contribution is 2.12. The monoisotopic (exact) mass is 225 g/mol. The van der Waals surface area contributed by atoms with Gasteiger partial charge in [-0.15, -0.1) is 0 Å². The van der Waals surface area contributed by atoms with Crippen LogP contribution in [0.25, 0.3) is 0 Å². The summed E-state index contributed by atoms with van der Waals surface area (Å²) in [6.07, 6.45) is 1.73. The van der Waals surface area contributed by atoms with E-state index in [1.807, 2.05) is 18.2 Å². The summed E-state index contributed by atoms with van der Waals surface area (Å²) in [7, 11) is -0.765. The highest BCUT2D eigenvalue weighted by Gasteiger charge is 1.99. The average Bonchev–Trinajstić information content (AvgIpc) is 2.14. The van der Waals surface area contributed by atoms with Crippen LogP contribution in [0.1, 0.15) is 19.4 Å². The molecule has 1 atom stereocenters. The number of hydrogen-bond acceptors (Lipinski definition) is 2. The van der Waals surface area contributed by atoms with E-state index in [4.69, 9.17) is 0 Å². The van der Waals surface area contributed by atoms with Gasteiger partial charge in [-0.2, -0.15) is 0 Å². The van der Waals surface area contributed by atoms with Crippen molar-refractivity contribution in [3.8, 4) is 0 Å². The maximum absolute atomic E-state index is 11.1. The zero-order valence-corrected chi connectivity index (χ0v) is 10.4. The topological polar surface area (TPSA) is 29.1 Å². The zero-order valence-electron chi connectivity index (χ0n) is 9.62. The van der Waals surface area contributed by atoms with Crippen LogP contribution in [-0.2, 0) is 16.6 Å². The third-order valence-electron chi connectivity index (χ3n) is 2.01. The number of rotatable bonds is 5. The minimum atomic E-state index is -0.765. The lowest BCUT2D eigenvalue weighted by atomic mass is 10.2. The molecule has 0 amide bonds. The van der Waals surface area contributed by atoms with Crippen molar-refractivity contribution in [3.05, 3.63) is 29.8 Å². The first-order valence-corrected chi connectivity index (χ1v) is 6.93. The van der Waals surface area contributed by atoms with Crippen molar-refractivity contribution >= 4 is 16.5 Å². The van der Waals surface area contributed by atoms with Gasteiger partial charge in [-0.3, -0.25) is 4.21 Å². The predicted octanol–water partition coefficient (Wildman–Crippen LogP) is 2.63. The maximum atomic E-state index is 11.1. The van der Waals surface area contributed by atoms with E-state index in [0.717, 1.165) is 17.8 Å². The second kappa shape index (κ2) is 5.91. The fraction of sp³-hybridized carbons (Fsp3) is 0.500. The molecular formula is C12H19NOS. The van der Waals surface area contributed by atoms with Gasteiger partial charge in [-0.1, -0.05) is 26.0 Å². The molecule has 84 valence electrons. The van der Waals surface area contributed by atoms with Crippen molar-refractivity contribution in [3.63, 3.8) is 0 Å². The highest BCUT2D eigenvalue weighted by molar-refractivity contribution is 7.83. The standard InChI is InChI=1S/C12H19NOS/c1-10(2)8-13-12-6-4-5-11(7-12)9-15(3)14/h4-7,10,13H,8-9H2,1-3H3/t15-/m1/s1. The number of nitrogens with one attached hydrogen (secondary N) is 1. The third kappa shape index (κ3) is 4.98. The van der Waals surface area contributed by atoms with E-state index in [0.29, 0.717) is 11.7 Å². The van der Waals surface area contributed by atoms with Gasteiger partial charge < -0.3 is 5.32 Å². The molecule has 2 nitrogen and oxygen atoms in total. The summed E-state index contributed by atoms with van der Waals surface area (Å²) in [5.74, 6) is 1.27. The number of hydrogen-bond donors (Lipinski definition) is 1. The van der Waals surface area contributed by atoms with E-state index in [-0.39, 0.29) is 0 Å². The average molecular weight is 225 g/mol. The van der Waals surface area contributed by atoms with Crippen LogP contribution in [-0.4, -0.2) is 17.0 Å². The Labute approximate surface area is 94.5 Å². The van der Waals surface area contributed by atoms with Gasteiger partial charge in [-0.05, 0) is 23.6 Å². The van der Waals surface area contributed by atoms with Crippen LogP contribution in [0.2, 0.25) is 0 Å². The van der Waals surface area contributed by atoms with Gasteiger partial charge in [0.15, 0.2) is 0 Å². The van der Waals surface area contributed by atoms with E-state index in [1.165, 1.54) is 0 Å². The largest absolute Gasteiger partial charge is 0.385 e. The lowest BCUT2D eigenvalue weighted by Crippen LogP contribution is -2.08. The molecule has 0 heterocycles. The van der Waals surface area contributed by atoms with Gasteiger partial charge in [0.25, 0.3) is 0 Å². The summed E-state index contributed by atoms with van der Waals surface area (Å²) in [6.45, 7) is 5.33. The summed E-state index contributed by atoms with van der Waals surface area (Å²) < 4.78 is 11.1. The molecule has 0 spiro atoms. The van der Waals surface area contributed by atoms with E-state index in [1.54, 1.807) is 6.26 Å². The van der Waals surface area contributed by atoms with Gasteiger partial charge in [0, 0.05) is 35.0 Å². The van der Waals surface area contributed by atoms with Crippen molar-refractivity contribution in [2.24, 2.45) is 5.92 Å². The second-order valence-corrected chi connectivity index (χ2v) is 5.63. The van der Waals surface area contributed by atoms with Gasteiger partial charge in [-0.25, -0.2) is 0 Å². The molecule has 0 aliphatic carbocycles. The lowest BCUT2D eigenvalue weighted by molar-refractivity contribution is 0.686. The minimum Gasteiger partial charge on any atom is -0.385 e. The smallest absolute Gasteiger partial charge is 0.0483 e. The van der Waals surface area contributed by atoms with E-state index >= 15 is 0 Å². The summed E-state index contributed by atoms with van der Waals surface area (Å²) in [6, 6.07) is 8.14. The zero-order chi connectivity index (χ0) is 11.3. The van der Waals surface area contributed by atoms with Crippen LogP contribution in [0.4, 0.5) is 5.69 Å². The van der Waals surface area contributed by atoms with E-state index in [2.05, 4.69) is 25.2 Å². The number of benzene rings is 1. The summed E-state index contributed by atoms with van der Waals surface area (Å²) in [4.78, 5) is 0. The molecule has 0 bridgehead atoms. The summed E-state index contributed by atoms with van der Waals surface area (Å²) >= 11 is 0. The quantitative estimate of drug-likeness (QED) is 0.834. The molecule has 1 N–H and O–H groups in total. The van der Waals surface area contributed by atoms with Gasteiger partial charge in [0.2, 0.25) is 0 Å². The minimum absolute atomic E-state index is 0.633. The summed E-state index contributed by atoms with van der Waals surface area (Å²) in [5.41, 5.74) is 2.25. The Hall–Kier alpha value is -0.830. The summed E-state index contributed by atoms with van der Waals surface area (Å²) in [5, 5.41) is 3.36. The Morgan fingerprint density at radius 2 is 2.13 bits per heavy atom. The van der Waals surface area contributed by atoms with Crippen LogP contribution >= 0.6 is 0 Å². The molecule has 3 heteroatoms. The van der Waals surface area contributed by atoms with Crippen molar-refractivity contribution in [1.82, 2.24) is 0 Å². The molecule has 0 fully saturated rings. The van der Waals surface area contributed by atoms with Crippen LogP contribution in [0.15, 0.2) is 24.3 Å². The van der Waals surface area contributed by atoms with Crippen LogP contribution in [0.5, 0.6) is 0 Å². The highest BCUT2D eigenvalue weighted by atomic mass is 32.2. The SMILES string of the molecule is CC(C)CNc1cccc(C[S@@](C)=O)c1. The van der Waals surface area contributed by atoms with E-state index < -0.39 is 10.8 Å². The van der Waals surface area contributed by atoms with Crippen LogP contribution in [0.3, 0.4) is 0 Å². The number of anilines is 1. The molecule has 0 aliphatic heterocycles. The van der Waals surface area contributed by atoms with Gasteiger partial charge >= 0.3 is 0 Å². The van der Waals surface area contributed by atoms with Crippen LogP contribution < -0.4 is 5.32 Å². The molecule has 0 radical (unpaired) electrons. The molecule has 1 aromatic carbocycles. The first-order valence-electron chi connectivity index (χ1n) is 5.21. The maximum Gasteiger partial charge on any atom is 0.0483 e. The Morgan fingerprint density at radius 3 is 2.73 bits per heavy atom. The van der Waals surface area contributed by atoms with Crippen molar-refractivity contribution in [2.75, 3.05) is 18.1 Å². The molecule has 0 unspecified atom stereocenters. The lowest BCUT2D eigenvalue weighted by Gasteiger charge is -2.09. The first-order chi connectivity index (χ1) is 7.08. The molecule has 1 rings (SSSR count). The fourth-order valence-corrected chi connectivity index (χ4v) is 1.98. The molecule has 1 aromatic rings. The Bertz CT molecular complexity index is 336. The van der Waals surface area contributed by atoms with Gasteiger partial charge in [0.1, 0.15) is 0 Å². The van der Waals surface area contributed by atoms with Crippen molar-refractivity contribution < 1.29 is 4.21 Å². The third-order valence-corrected chi connectivity index (χ3v) is 2.75. The molecule has 0 aromatic heterocycles. The second-order valence-electron chi connectivity index (χ2n) is 4.19. The van der Waals surface area contributed by atoms with Crippen LogP contribution in [0, 0.1) is 5.92 Å². The molecule has 0 aliphatic rings. The fourth-order valence-electron chi connectivity index (χ4n) is 1.33. The predicted molar refractivity (Wildman–Crippen MR) is 67.5 cm³/mol.